The zero-order valence-corrected chi connectivity index (χ0v) is 21.1. The number of carbonyl (C=O) groups excluding carboxylic acids is 3. The van der Waals surface area contributed by atoms with Crippen molar-refractivity contribution in [3.63, 3.8) is 0 Å². The number of carbonyl (C=O) groups is 3. The number of thiazole rings is 1. The molecular weight excluding hydrogens is 484 g/mol. The molecule has 2 heterocycles. The molecule has 0 saturated carbocycles. The topological polar surface area (TPSA) is 101 Å². The number of nitrogens with zero attached hydrogens (tertiary/aromatic N) is 2. The standard InChI is InChI=1S/C25H26N4O4S2/c1-3-26-20(30)15-34-25-27-22(16-8-5-4-6-9-16)24(35-25)28-23(32)17-12-21(31)29(14-17)18-10-7-11-19(13-18)33-2/h4-11,13,17H,3,12,14-15H2,1-2H3,(H,26,30)(H,28,32). The second kappa shape index (κ2) is 11.4. The Labute approximate surface area is 212 Å². The van der Waals surface area contributed by atoms with E-state index in [0.717, 1.165) is 5.56 Å². The van der Waals surface area contributed by atoms with Crippen LogP contribution in [0.4, 0.5) is 10.7 Å². The van der Waals surface area contributed by atoms with Crippen LogP contribution in [0.25, 0.3) is 11.3 Å². The zero-order chi connectivity index (χ0) is 24.8. The summed E-state index contributed by atoms with van der Waals surface area (Å²) in [5, 5.41) is 6.37. The largest absolute Gasteiger partial charge is 0.497 e. The third-order valence-corrected chi connectivity index (χ3v) is 7.57. The molecule has 1 unspecified atom stereocenters. The maximum atomic E-state index is 13.2. The van der Waals surface area contributed by atoms with Crippen LogP contribution in [-0.4, -0.2) is 48.7 Å². The summed E-state index contributed by atoms with van der Waals surface area (Å²) in [6, 6.07) is 16.8. The van der Waals surface area contributed by atoms with Crippen molar-refractivity contribution in [3.8, 4) is 17.0 Å². The maximum Gasteiger partial charge on any atom is 0.230 e. The van der Waals surface area contributed by atoms with E-state index in [2.05, 4.69) is 15.6 Å². The molecule has 1 aliphatic heterocycles. The van der Waals surface area contributed by atoms with Crippen LogP contribution < -0.4 is 20.3 Å². The molecule has 1 fully saturated rings. The fourth-order valence-corrected chi connectivity index (χ4v) is 5.64. The predicted molar refractivity (Wildman–Crippen MR) is 139 cm³/mol. The van der Waals surface area contributed by atoms with Crippen LogP contribution in [0.1, 0.15) is 13.3 Å². The Morgan fingerprint density at radius 1 is 1.20 bits per heavy atom. The van der Waals surface area contributed by atoms with Crippen molar-refractivity contribution in [1.29, 1.82) is 0 Å². The Balaban J connectivity index is 1.50. The van der Waals surface area contributed by atoms with Gasteiger partial charge in [0.05, 0.1) is 18.8 Å². The summed E-state index contributed by atoms with van der Waals surface area (Å²) in [5.41, 5.74) is 2.22. The van der Waals surface area contributed by atoms with Crippen molar-refractivity contribution in [3.05, 3.63) is 54.6 Å². The molecule has 1 aliphatic rings. The summed E-state index contributed by atoms with van der Waals surface area (Å²) in [4.78, 5) is 44.1. The molecule has 1 aromatic heterocycles. The van der Waals surface area contributed by atoms with Gasteiger partial charge < -0.3 is 20.3 Å². The molecule has 182 valence electrons. The van der Waals surface area contributed by atoms with E-state index >= 15 is 0 Å². The Hall–Kier alpha value is -3.37. The van der Waals surface area contributed by atoms with E-state index in [1.165, 1.54) is 23.1 Å². The van der Waals surface area contributed by atoms with Gasteiger partial charge in [-0.2, -0.15) is 0 Å². The normalized spacial score (nSPS) is 15.2. The van der Waals surface area contributed by atoms with Crippen molar-refractivity contribution in [2.75, 3.05) is 36.2 Å². The lowest BCUT2D eigenvalue weighted by Gasteiger charge is -2.17. The summed E-state index contributed by atoms with van der Waals surface area (Å²) in [6.07, 6.45) is 0.126. The lowest BCUT2D eigenvalue weighted by Crippen LogP contribution is -2.28. The number of hydrogen-bond donors (Lipinski definition) is 2. The van der Waals surface area contributed by atoms with Crippen molar-refractivity contribution in [2.24, 2.45) is 5.92 Å². The van der Waals surface area contributed by atoms with E-state index in [-0.39, 0.29) is 36.4 Å². The van der Waals surface area contributed by atoms with E-state index in [4.69, 9.17) is 4.74 Å². The van der Waals surface area contributed by atoms with Crippen molar-refractivity contribution in [1.82, 2.24) is 10.3 Å². The Bertz CT molecular complexity index is 1220. The molecule has 1 atom stereocenters. The highest BCUT2D eigenvalue weighted by molar-refractivity contribution is 8.01. The average molecular weight is 511 g/mol. The second-order valence-corrected chi connectivity index (χ2v) is 10.1. The fourth-order valence-electron chi connectivity index (χ4n) is 3.74. The molecule has 0 bridgehead atoms. The fraction of sp³-hybridized carbons (Fsp3) is 0.280. The summed E-state index contributed by atoms with van der Waals surface area (Å²) in [7, 11) is 1.57. The SMILES string of the molecule is CCNC(=O)CSc1nc(-c2ccccc2)c(NC(=O)C2CC(=O)N(c3cccc(OC)c3)C2)s1. The molecule has 2 N–H and O–H groups in total. The minimum absolute atomic E-state index is 0.0679. The molecule has 10 heteroatoms. The molecule has 1 saturated heterocycles. The zero-order valence-electron chi connectivity index (χ0n) is 19.4. The van der Waals surface area contributed by atoms with Gasteiger partial charge in [-0.05, 0) is 19.1 Å². The first-order valence-electron chi connectivity index (χ1n) is 11.2. The first-order valence-corrected chi connectivity index (χ1v) is 13.0. The van der Waals surface area contributed by atoms with Gasteiger partial charge in [0.15, 0.2) is 4.34 Å². The Morgan fingerprint density at radius 2 is 2.00 bits per heavy atom. The molecule has 35 heavy (non-hydrogen) atoms. The van der Waals surface area contributed by atoms with Gasteiger partial charge >= 0.3 is 0 Å². The monoisotopic (exact) mass is 510 g/mol. The quantitative estimate of drug-likeness (QED) is 0.422. The highest BCUT2D eigenvalue weighted by Gasteiger charge is 2.36. The first kappa shape index (κ1) is 24.7. The number of aromatic nitrogens is 1. The number of benzene rings is 2. The van der Waals surface area contributed by atoms with Gasteiger partial charge in [-0.25, -0.2) is 4.98 Å². The molecule has 0 spiro atoms. The Kier molecular flexibility index (Phi) is 8.04. The van der Waals surface area contributed by atoms with Crippen LogP contribution in [0.3, 0.4) is 0 Å². The van der Waals surface area contributed by atoms with Gasteiger partial charge in [0, 0.05) is 36.8 Å². The minimum atomic E-state index is -0.495. The molecule has 0 aliphatic carbocycles. The van der Waals surface area contributed by atoms with Crippen LogP contribution in [0, 0.1) is 5.92 Å². The molecule has 8 nitrogen and oxygen atoms in total. The summed E-state index contributed by atoms with van der Waals surface area (Å²) in [5.74, 6) is -0.00479. The van der Waals surface area contributed by atoms with E-state index in [0.29, 0.717) is 33.0 Å². The molecule has 2 aromatic carbocycles. The highest BCUT2D eigenvalue weighted by atomic mass is 32.2. The van der Waals surface area contributed by atoms with Crippen molar-refractivity contribution < 1.29 is 19.1 Å². The lowest BCUT2D eigenvalue weighted by molar-refractivity contribution is -0.122. The minimum Gasteiger partial charge on any atom is -0.497 e. The van der Waals surface area contributed by atoms with Gasteiger partial charge in [-0.1, -0.05) is 59.5 Å². The molecule has 3 aromatic rings. The van der Waals surface area contributed by atoms with Crippen LogP contribution in [0.15, 0.2) is 58.9 Å². The van der Waals surface area contributed by atoms with E-state index < -0.39 is 5.92 Å². The molecule has 0 radical (unpaired) electrons. The highest BCUT2D eigenvalue weighted by Crippen LogP contribution is 2.38. The maximum absolute atomic E-state index is 13.2. The van der Waals surface area contributed by atoms with Crippen molar-refractivity contribution >= 4 is 51.5 Å². The number of amides is 3. The van der Waals surface area contributed by atoms with Crippen molar-refractivity contribution in [2.45, 2.75) is 17.7 Å². The number of hydrogen-bond acceptors (Lipinski definition) is 7. The second-order valence-electron chi connectivity index (χ2n) is 7.86. The first-order chi connectivity index (χ1) is 17.0. The molecule has 3 amide bonds. The van der Waals surface area contributed by atoms with Crippen LogP contribution in [0.2, 0.25) is 0 Å². The number of thioether (sulfide) groups is 1. The number of nitrogens with one attached hydrogen (secondary N) is 2. The van der Waals surface area contributed by atoms with Crippen LogP contribution in [-0.2, 0) is 14.4 Å². The van der Waals surface area contributed by atoms with Crippen LogP contribution >= 0.6 is 23.1 Å². The van der Waals surface area contributed by atoms with E-state index in [1.807, 2.05) is 55.5 Å². The molecule has 4 rings (SSSR count). The van der Waals surface area contributed by atoms with Gasteiger partial charge in [-0.15, -0.1) is 0 Å². The van der Waals surface area contributed by atoms with Gasteiger partial charge in [0.25, 0.3) is 0 Å². The summed E-state index contributed by atoms with van der Waals surface area (Å²) >= 11 is 2.66. The predicted octanol–water partition coefficient (Wildman–Crippen LogP) is 4.04. The molecular formula is C25H26N4O4S2. The number of methoxy groups -OCH3 is 1. The Morgan fingerprint density at radius 3 is 2.74 bits per heavy atom. The van der Waals surface area contributed by atoms with Gasteiger partial charge in [0.2, 0.25) is 17.7 Å². The summed E-state index contributed by atoms with van der Waals surface area (Å²) in [6.45, 7) is 2.73. The van der Waals surface area contributed by atoms with Gasteiger partial charge in [-0.3, -0.25) is 14.4 Å². The van der Waals surface area contributed by atoms with E-state index in [9.17, 15) is 14.4 Å². The summed E-state index contributed by atoms with van der Waals surface area (Å²) < 4.78 is 5.94. The van der Waals surface area contributed by atoms with Crippen LogP contribution in [0.5, 0.6) is 5.75 Å². The third-order valence-electron chi connectivity index (χ3n) is 5.45. The third kappa shape index (κ3) is 6.01. The average Bonchev–Trinajstić information content (AvgIpc) is 3.47. The lowest BCUT2D eigenvalue weighted by atomic mass is 10.1. The van der Waals surface area contributed by atoms with E-state index in [1.54, 1.807) is 18.1 Å². The number of anilines is 2. The number of rotatable bonds is 9. The smallest absolute Gasteiger partial charge is 0.230 e. The number of ether oxygens (including phenoxy) is 1. The van der Waals surface area contributed by atoms with Gasteiger partial charge in [0.1, 0.15) is 16.4 Å².